The van der Waals surface area contributed by atoms with E-state index in [9.17, 15) is 4.79 Å². The number of hydrogen-bond donors (Lipinski definition) is 2. The molecule has 4 nitrogen and oxygen atoms in total. The Hall–Kier alpha value is -1.23. The van der Waals surface area contributed by atoms with Gasteiger partial charge >= 0.3 is 0 Å². The first-order chi connectivity index (χ1) is 8.17. The van der Waals surface area contributed by atoms with Gasteiger partial charge in [-0.15, -0.1) is 0 Å². The fourth-order valence-electron chi connectivity index (χ4n) is 1.44. The quantitative estimate of drug-likeness (QED) is 0.761. The number of aryl methyl sites for hydroxylation is 1. The molecule has 0 bridgehead atoms. The summed E-state index contributed by atoms with van der Waals surface area (Å²) in [5, 5.41) is 6.00. The predicted octanol–water partition coefficient (Wildman–Crippen LogP) is 1.91. The topological polar surface area (TPSA) is 54.0 Å². The summed E-state index contributed by atoms with van der Waals surface area (Å²) in [6, 6.07) is 3.58. The molecular formula is C12H19N3OS. The van der Waals surface area contributed by atoms with Crippen LogP contribution in [-0.4, -0.2) is 36.0 Å². The molecule has 0 spiro atoms. The Bertz CT molecular complexity index is 382. The standard InChI is InChI=1S/C12H19N3OS/c1-4-13-11-8-10(7-9(2)15-11)12(16)14-5-6-17-3/h7-8H,4-6H2,1-3H3,(H,13,15)(H,14,16). The van der Waals surface area contributed by atoms with Gasteiger partial charge in [-0.05, 0) is 32.2 Å². The molecule has 0 aliphatic carbocycles. The fourth-order valence-corrected chi connectivity index (χ4v) is 1.75. The molecule has 0 aliphatic rings. The van der Waals surface area contributed by atoms with Gasteiger partial charge in [0.15, 0.2) is 0 Å². The summed E-state index contributed by atoms with van der Waals surface area (Å²) in [6.07, 6.45) is 2.02. The number of thioether (sulfide) groups is 1. The highest BCUT2D eigenvalue weighted by Crippen LogP contribution is 2.10. The zero-order chi connectivity index (χ0) is 12.7. The van der Waals surface area contributed by atoms with Gasteiger partial charge in [-0.25, -0.2) is 4.98 Å². The maximum absolute atomic E-state index is 11.9. The predicted molar refractivity (Wildman–Crippen MR) is 73.9 cm³/mol. The van der Waals surface area contributed by atoms with Gasteiger partial charge in [0.1, 0.15) is 5.82 Å². The normalized spacial score (nSPS) is 10.1. The summed E-state index contributed by atoms with van der Waals surface area (Å²) < 4.78 is 0. The van der Waals surface area contributed by atoms with E-state index in [4.69, 9.17) is 0 Å². The summed E-state index contributed by atoms with van der Waals surface area (Å²) in [5.41, 5.74) is 1.51. The van der Waals surface area contributed by atoms with Crippen molar-refractivity contribution < 1.29 is 4.79 Å². The molecule has 0 radical (unpaired) electrons. The van der Waals surface area contributed by atoms with Crippen molar-refractivity contribution in [1.29, 1.82) is 0 Å². The molecular weight excluding hydrogens is 234 g/mol. The Labute approximate surface area is 107 Å². The molecule has 1 aromatic rings. The lowest BCUT2D eigenvalue weighted by molar-refractivity contribution is 0.0956. The molecule has 94 valence electrons. The maximum atomic E-state index is 11.9. The second-order valence-corrected chi connectivity index (χ2v) is 4.65. The molecule has 0 fully saturated rings. The van der Waals surface area contributed by atoms with E-state index < -0.39 is 0 Å². The molecule has 0 aromatic carbocycles. The highest BCUT2D eigenvalue weighted by molar-refractivity contribution is 7.98. The molecule has 1 aromatic heterocycles. The summed E-state index contributed by atoms with van der Waals surface area (Å²) in [7, 11) is 0. The van der Waals surface area contributed by atoms with Gasteiger partial charge in [0.2, 0.25) is 0 Å². The Morgan fingerprint density at radius 2 is 2.24 bits per heavy atom. The van der Waals surface area contributed by atoms with Crippen LogP contribution in [0.15, 0.2) is 12.1 Å². The van der Waals surface area contributed by atoms with Crippen LogP contribution in [0.5, 0.6) is 0 Å². The number of hydrogen-bond acceptors (Lipinski definition) is 4. The number of pyridine rings is 1. The first kappa shape index (κ1) is 13.8. The van der Waals surface area contributed by atoms with Crippen molar-refractivity contribution in [2.75, 3.05) is 30.4 Å². The van der Waals surface area contributed by atoms with Crippen molar-refractivity contribution in [3.05, 3.63) is 23.4 Å². The van der Waals surface area contributed by atoms with Gasteiger partial charge in [-0.3, -0.25) is 4.79 Å². The van der Waals surface area contributed by atoms with E-state index in [1.54, 1.807) is 23.9 Å². The number of amides is 1. The van der Waals surface area contributed by atoms with Crippen LogP contribution < -0.4 is 10.6 Å². The summed E-state index contributed by atoms with van der Waals surface area (Å²) in [6.45, 7) is 5.38. The van der Waals surface area contributed by atoms with Gasteiger partial charge in [0.05, 0.1) is 0 Å². The molecule has 0 aliphatic heterocycles. The number of aromatic nitrogens is 1. The van der Waals surface area contributed by atoms with Crippen molar-refractivity contribution in [2.45, 2.75) is 13.8 Å². The molecule has 1 heterocycles. The van der Waals surface area contributed by atoms with Crippen molar-refractivity contribution in [3.8, 4) is 0 Å². The van der Waals surface area contributed by atoms with E-state index in [2.05, 4.69) is 15.6 Å². The lowest BCUT2D eigenvalue weighted by Gasteiger charge is -2.08. The molecule has 0 saturated carbocycles. The smallest absolute Gasteiger partial charge is 0.251 e. The first-order valence-electron chi connectivity index (χ1n) is 5.67. The molecule has 1 amide bonds. The second kappa shape index (κ2) is 7.17. The average molecular weight is 253 g/mol. The summed E-state index contributed by atoms with van der Waals surface area (Å²) >= 11 is 1.71. The summed E-state index contributed by atoms with van der Waals surface area (Å²) in [5.74, 6) is 1.64. The van der Waals surface area contributed by atoms with E-state index in [-0.39, 0.29) is 5.91 Å². The van der Waals surface area contributed by atoms with Crippen LogP contribution in [0, 0.1) is 6.92 Å². The van der Waals surface area contributed by atoms with Crippen LogP contribution in [0.3, 0.4) is 0 Å². The van der Waals surface area contributed by atoms with E-state index in [1.807, 2.05) is 20.1 Å². The van der Waals surface area contributed by atoms with Gasteiger partial charge in [0, 0.05) is 30.1 Å². The Kier molecular flexibility index (Phi) is 5.83. The van der Waals surface area contributed by atoms with Crippen LogP contribution in [0.1, 0.15) is 23.0 Å². The van der Waals surface area contributed by atoms with Gasteiger partial charge in [-0.1, -0.05) is 0 Å². The van der Waals surface area contributed by atoms with Crippen molar-refractivity contribution in [1.82, 2.24) is 10.3 Å². The lowest BCUT2D eigenvalue weighted by atomic mass is 10.2. The molecule has 0 unspecified atom stereocenters. The molecule has 2 N–H and O–H groups in total. The minimum atomic E-state index is -0.0382. The number of nitrogens with zero attached hydrogens (tertiary/aromatic N) is 1. The Balaban J connectivity index is 2.71. The zero-order valence-electron chi connectivity index (χ0n) is 10.5. The largest absolute Gasteiger partial charge is 0.370 e. The number of rotatable bonds is 6. The molecule has 1 rings (SSSR count). The summed E-state index contributed by atoms with van der Waals surface area (Å²) in [4.78, 5) is 16.2. The van der Waals surface area contributed by atoms with Gasteiger partial charge < -0.3 is 10.6 Å². The van der Waals surface area contributed by atoms with Crippen LogP contribution in [0.4, 0.5) is 5.82 Å². The van der Waals surface area contributed by atoms with Crippen molar-refractivity contribution >= 4 is 23.5 Å². The SMILES string of the molecule is CCNc1cc(C(=O)NCCSC)cc(C)n1. The van der Waals surface area contributed by atoms with Gasteiger partial charge in [-0.2, -0.15) is 11.8 Å². The van der Waals surface area contributed by atoms with Crippen LogP contribution in [0.25, 0.3) is 0 Å². The third kappa shape index (κ3) is 4.65. The second-order valence-electron chi connectivity index (χ2n) is 3.66. The lowest BCUT2D eigenvalue weighted by Crippen LogP contribution is -2.26. The molecule has 5 heteroatoms. The van der Waals surface area contributed by atoms with E-state index >= 15 is 0 Å². The molecule has 17 heavy (non-hydrogen) atoms. The highest BCUT2D eigenvalue weighted by Gasteiger charge is 2.07. The minimum Gasteiger partial charge on any atom is -0.370 e. The third-order valence-corrected chi connectivity index (χ3v) is 2.78. The fraction of sp³-hybridized carbons (Fsp3) is 0.500. The van der Waals surface area contributed by atoms with Gasteiger partial charge in [0.25, 0.3) is 5.91 Å². The molecule has 0 atom stereocenters. The number of carbonyl (C=O) groups is 1. The first-order valence-corrected chi connectivity index (χ1v) is 7.06. The van der Waals surface area contributed by atoms with Crippen LogP contribution in [-0.2, 0) is 0 Å². The highest BCUT2D eigenvalue weighted by atomic mass is 32.2. The van der Waals surface area contributed by atoms with Crippen molar-refractivity contribution in [3.63, 3.8) is 0 Å². The number of carbonyl (C=O) groups excluding carboxylic acids is 1. The Morgan fingerprint density at radius 3 is 2.88 bits per heavy atom. The van der Waals surface area contributed by atoms with Crippen molar-refractivity contribution in [2.24, 2.45) is 0 Å². The Morgan fingerprint density at radius 1 is 1.47 bits per heavy atom. The number of anilines is 1. The monoisotopic (exact) mass is 253 g/mol. The average Bonchev–Trinajstić information content (AvgIpc) is 2.29. The zero-order valence-corrected chi connectivity index (χ0v) is 11.4. The van der Waals surface area contributed by atoms with Crippen LogP contribution >= 0.6 is 11.8 Å². The maximum Gasteiger partial charge on any atom is 0.251 e. The molecule has 0 saturated heterocycles. The van der Waals surface area contributed by atoms with E-state index in [1.165, 1.54) is 0 Å². The number of nitrogens with one attached hydrogen (secondary N) is 2. The minimum absolute atomic E-state index is 0.0382. The van der Waals surface area contributed by atoms with E-state index in [0.717, 1.165) is 23.8 Å². The van der Waals surface area contributed by atoms with E-state index in [0.29, 0.717) is 12.1 Å². The third-order valence-electron chi connectivity index (χ3n) is 2.17. The van der Waals surface area contributed by atoms with Crippen LogP contribution in [0.2, 0.25) is 0 Å².